The van der Waals surface area contributed by atoms with E-state index in [4.69, 9.17) is 10.9 Å². The van der Waals surface area contributed by atoms with Gasteiger partial charge in [0.2, 0.25) is 0 Å². The SMILES string of the molecule is Cc1ccc(C(=O)NC(C)(C)/C(N)=N/O)cn1. The zero-order chi connectivity index (χ0) is 13.1. The first-order valence-electron chi connectivity index (χ1n) is 5.10. The third-order valence-electron chi connectivity index (χ3n) is 2.35. The van der Waals surface area contributed by atoms with Crippen LogP contribution in [-0.4, -0.2) is 27.5 Å². The van der Waals surface area contributed by atoms with Crippen molar-refractivity contribution in [1.29, 1.82) is 0 Å². The minimum atomic E-state index is -0.920. The summed E-state index contributed by atoms with van der Waals surface area (Å²) >= 11 is 0. The van der Waals surface area contributed by atoms with E-state index in [2.05, 4.69) is 15.5 Å². The van der Waals surface area contributed by atoms with E-state index in [0.29, 0.717) is 5.56 Å². The number of carbonyl (C=O) groups is 1. The maximum Gasteiger partial charge on any atom is 0.253 e. The molecule has 0 unspecified atom stereocenters. The van der Waals surface area contributed by atoms with Gasteiger partial charge < -0.3 is 16.3 Å². The molecule has 1 aromatic rings. The summed E-state index contributed by atoms with van der Waals surface area (Å²) in [5, 5.41) is 14.1. The molecule has 0 fully saturated rings. The molecule has 6 heteroatoms. The molecule has 4 N–H and O–H groups in total. The maximum atomic E-state index is 11.8. The minimum Gasteiger partial charge on any atom is -0.409 e. The van der Waals surface area contributed by atoms with Crippen molar-refractivity contribution in [1.82, 2.24) is 10.3 Å². The van der Waals surface area contributed by atoms with Crippen LogP contribution in [0, 0.1) is 6.92 Å². The number of oxime groups is 1. The fourth-order valence-corrected chi connectivity index (χ4v) is 1.15. The lowest BCUT2D eigenvalue weighted by molar-refractivity contribution is 0.0930. The molecule has 0 aliphatic rings. The predicted octanol–water partition coefficient (Wildman–Crippen LogP) is 0.645. The second kappa shape index (κ2) is 4.82. The van der Waals surface area contributed by atoms with Crippen LogP contribution in [0.5, 0.6) is 0 Å². The monoisotopic (exact) mass is 236 g/mol. The van der Waals surface area contributed by atoms with Crippen molar-refractivity contribution < 1.29 is 10.0 Å². The Morgan fingerprint density at radius 1 is 1.53 bits per heavy atom. The first-order chi connectivity index (χ1) is 7.86. The van der Waals surface area contributed by atoms with Gasteiger partial charge in [-0.15, -0.1) is 0 Å². The van der Waals surface area contributed by atoms with Crippen LogP contribution in [0.4, 0.5) is 0 Å². The third kappa shape index (κ3) is 3.17. The molecule has 0 bridgehead atoms. The Bertz CT molecular complexity index is 437. The van der Waals surface area contributed by atoms with E-state index in [1.165, 1.54) is 6.20 Å². The summed E-state index contributed by atoms with van der Waals surface area (Å²) in [4.78, 5) is 15.9. The molecule has 0 saturated carbocycles. The van der Waals surface area contributed by atoms with Crippen molar-refractivity contribution in [2.75, 3.05) is 0 Å². The molecule has 0 radical (unpaired) electrons. The van der Waals surface area contributed by atoms with Gasteiger partial charge in [-0.05, 0) is 32.9 Å². The van der Waals surface area contributed by atoms with Crippen molar-refractivity contribution in [2.45, 2.75) is 26.3 Å². The number of amidine groups is 1. The van der Waals surface area contributed by atoms with Gasteiger partial charge in [-0.25, -0.2) is 0 Å². The van der Waals surface area contributed by atoms with Gasteiger partial charge in [-0.1, -0.05) is 5.16 Å². The van der Waals surface area contributed by atoms with Gasteiger partial charge in [0, 0.05) is 11.9 Å². The average Bonchev–Trinajstić information content (AvgIpc) is 2.28. The predicted molar refractivity (Wildman–Crippen MR) is 63.9 cm³/mol. The van der Waals surface area contributed by atoms with Crippen molar-refractivity contribution in [3.05, 3.63) is 29.6 Å². The lowest BCUT2D eigenvalue weighted by atomic mass is 10.0. The van der Waals surface area contributed by atoms with Crippen LogP contribution in [-0.2, 0) is 0 Å². The fourth-order valence-electron chi connectivity index (χ4n) is 1.15. The molecular weight excluding hydrogens is 220 g/mol. The molecule has 1 aromatic heterocycles. The number of nitrogens with zero attached hydrogens (tertiary/aromatic N) is 2. The Morgan fingerprint density at radius 3 is 2.65 bits per heavy atom. The Kier molecular flexibility index (Phi) is 3.67. The number of hydrogen-bond donors (Lipinski definition) is 3. The summed E-state index contributed by atoms with van der Waals surface area (Å²) in [5.41, 5.74) is 5.81. The number of aryl methyl sites for hydroxylation is 1. The summed E-state index contributed by atoms with van der Waals surface area (Å²) in [6.07, 6.45) is 1.48. The lowest BCUT2D eigenvalue weighted by Crippen LogP contribution is -2.53. The van der Waals surface area contributed by atoms with E-state index in [1.54, 1.807) is 26.0 Å². The zero-order valence-electron chi connectivity index (χ0n) is 10.1. The number of nitrogens with two attached hydrogens (primary N) is 1. The van der Waals surface area contributed by atoms with Crippen LogP contribution >= 0.6 is 0 Å². The molecule has 0 spiro atoms. The van der Waals surface area contributed by atoms with E-state index in [-0.39, 0.29) is 11.7 Å². The van der Waals surface area contributed by atoms with Crippen LogP contribution in [0.15, 0.2) is 23.5 Å². The molecule has 1 amide bonds. The highest BCUT2D eigenvalue weighted by Crippen LogP contribution is 2.06. The second-order valence-corrected chi connectivity index (χ2v) is 4.25. The molecule has 0 aliphatic heterocycles. The van der Waals surface area contributed by atoms with Crippen LogP contribution in [0.3, 0.4) is 0 Å². The van der Waals surface area contributed by atoms with E-state index in [1.807, 2.05) is 6.92 Å². The molecule has 1 heterocycles. The average molecular weight is 236 g/mol. The Labute approximate surface area is 99.5 Å². The van der Waals surface area contributed by atoms with Gasteiger partial charge >= 0.3 is 0 Å². The molecule has 0 aromatic carbocycles. The highest BCUT2D eigenvalue weighted by Gasteiger charge is 2.26. The summed E-state index contributed by atoms with van der Waals surface area (Å²) in [6.45, 7) is 5.12. The Hall–Kier alpha value is -2.11. The van der Waals surface area contributed by atoms with Gasteiger partial charge in [0.15, 0.2) is 5.84 Å². The molecule has 6 nitrogen and oxygen atoms in total. The van der Waals surface area contributed by atoms with E-state index >= 15 is 0 Å². The molecule has 0 saturated heterocycles. The molecule has 0 atom stereocenters. The van der Waals surface area contributed by atoms with Crippen molar-refractivity contribution in [2.24, 2.45) is 10.9 Å². The number of rotatable bonds is 3. The molecular formula is C11H16N4O2. The Morgan fingerprint density at radius 2 is 2.18 bits per heavy atom. The number of carbonyl (C=O) groups excluding carboxylic acids is 1. The van der Waals surface area contributed by atoms with Crippen LogP contribution < -0.4 is 11.1 Å². The number of pyridine rings is 1. The largest absolute Gasteiger partial charge is 0.409 e. The normalized spacial score (nSPS) is 12.3. The molecule has 17 heavy (non-hydrogen) atoms. The quantitative estimate of drug-likeness (QED) is 0.310. The van der Waals surface area contributed by atoms with Crippen LogP contribution in [0.2, 0.25) is 0 Å². The number of aromatic nitrogens is 1. The van der Waals surface area contributed by atoms with Gasteiger partial charge in [0.25, 0.3) is 5.91 Å². The Balaban J connectivity index is 2.83. The van der Waals surface area contributed by atoms with Crippen molar-refractivity contribution >= 4 is 11.7 Å². The number of nitrogens with one attached hydrogen (secondary N) is 1. The maximum absolute atomic E-state index is 11.8. The van der Waals surface area contributed by atoms with Crippen molar-refractivity contribution in [3.8, 4) is 0 Å². The smallest absolute Gasteiger partial charge is 0.253 e. The lowest BCUT2D eigenvalue weighted by Gasteiger charge is -2.24. The van der Waals surface area contributed by atoms with E-state index in [0.717, 1.165) is 5.69 Å². The van der Waals surface area contributed by atoms with Gasteiger partial charge in [-0.2, -0.15) is 0 Å². The molecule has 92 valence electrons. The van der Waals surface area contributed by atoms with E-state index < -0.39 is 5.54 Å². The second-order valence-electron chi connectivity index (χ2n) is 4.25. The highest BCUT2D eigenvalue weighted by molar-refractivity contribution is 5.99. The summed E-state index contributed by atoms with van der Waals surface area (Å²) in [5.74, 6) is -0.389. The van der Waals surface area contributed by atoms with Gasteiger partial charge in [0.05, 0.1) is 11.1 Å². The fraction of sp³-hybridized carbons (Fsp3) is 0.364. The number of amides is 1. The first kappa shape index (κ1) is 13.0. The van der Waals surface area contributed by atoms with E-state index in [9.17, 15) is 4.79 Å². The van der Waals surface area contributed by atoms with Gasteiger partial charge in [0.1, 0.15) is 0 Å². The third-order valence-corrected chi connectivity index (χ3v) is 2.35. The topological polar surface area (TPSA) is 101 Å². The van der Waals surface area contributed by atoms with Crippen LogP contribution in [0.1, 0.15) is 29.9 Å². The van der Waals surface area contributed by atoms with Crippen molar-refractivity contribution in [3.63, 3.8) is 0 Å². The van der Waals surface area contributed by atoms with Gasteiger partial charge in [-0.3, -0.25) is 9.78 Å². The summed E-state index contributed by atoms with van der Waals surface area (Å²) in [6, 6.07) is 3.41. The summed E-state index contributed by atoms with van der Waals surface area (Å²) in [7, 11) is 0. The highest BCUT2D eigenvalue weighted by atomic mass is 16.4. The first-order valence-corrected chi connectivity index (χ1v) is 5.10. The standard InChI is InChI=1S/C11H16N4O2/c1-7-4-5-8(6-13-7)9(16)14-11(2,3)10(12)15-17/h4-6,17H,1-3H3,(H2,12,15)(H,14,16). The molecule has 0 aliphatic carbocycles. The molecule has 1 rings (SSSR count). The van der Waals surface area contributed by atoms with Crippen LogP contribution in [0.25, 0.3) is 0 Å². The zero-order valence-corrected chi connectivity index (χ0v) is 10.1. The minimum absolute atomic E-state index is 0.0640. The number of hydrogen-bond acceptors (Lipinski definition) is 4. The summed E-state index contributed by atoms with van der Waals surface area (Å²) < 4.78 is 0.